The van der Waals surface area contributed by atoms with Crippen molar-refractivity contribution in [1.29, 1.82) is 0 Å². The van der Waals surface area contributed by atoms with Gasteiger partial charge in [0.15, 0.2) is 0 Å². The van der Waals surface area contributed by atoms with Gasteiger partial charge in [-0.05, 0) is 7.05 Å². The summed E-state index contributed by atoms with van der Waals surface area (Å²) >= 11 is 0. The van der Waals surface area contributed by atoms with E-state index in [2.05, 4.69) is 19.2 Å². The number of carbonyl (C=O) groups excluding carboxylic acids is 1. The molecule has 12 heavy (non-hydrogen) atoms. The van der Waals surface area contributed by atoms with Gasteiger partial charge in [-0.25, -0.2) is 0 Å². The Hall–Kier alpha value is 1.44. The van der Waals surface area contributed by atoms with E-state index in [0.717, 1.165) is 6.29 Å². The number of nitrogens with one attached hydrogen (secondary N) is 1. The molecule has 0 spiro atoms. The molecule has 68 valence electrons. The van der Waals surface area contributed by atoms with Gasteiger partial charge in [0.05, 0.1) is 0 Å². The molecular weight excluding hydrogens is 224 g/mol. The predicted molar refractivity (Wildman–Crippen MR) is 49.1 cm³/mol. The summed E-state index contributed by atoms with van der Waals surface area (Å²) in [7, 11) is 1.92. The van der Waals surface area contributed by atoms with Crippen LogP contribution >= 0.6 is 0 Å². The number of hydrogen-bond acceptors (Lipinski definition) is 2. The maximum Gasteiger partial charge on any atom is 1.00 e. The van der Waals surface area contributed by atoms with Crippen molar-refractivity contribution in [1.82, 2.24) is 5.32 Å². The van der Waals surface area contributed by atoms with Crippen molar-refractivity contribution in [2.45, 2.75) is 27.7 Å². The van der Waals surface area contributed by atoms with Crippen molar-refractivity contribution in [3.05, 3.63) is 6.54 Å². The Bertz CT molecular complexity index is 84.6. The maximum atomic E-state index is 9.50. The van der Waals surface area contributed by atoms with E-state index >= 15 is 0 Å². The zero-order valence-electron chi connectivity index (χ0n) is 9.22. The largest absolute Gasteiger partial charge is 1.00 e. The molecule has 0 saturated carbocycles. The second-order valence-corrected chi connectivity index (χ2v) is 3.08. The molecule has 0 aliphatic heterocycles. The second-order valence-electron chi connectivity index (χ2n) is 3.08. The molecule has 2 nitrogen and oxygen atoms in total. The normalized spacial score (nSPS) is 8.58. The number of rotatable bonds is 3. The maximum absolute atomic E-state index is 9.50. The molecule has 0 amide bonds. The standard InChI is InChI=1S/C5H12N.C4H8O.Rb/c1-5(2)4-6-3;1-4(2)3-5;/h4-6H,1-3H3;3-4H,1-2H3;/q-1;;+1. The van der Waals surface area contributed by atoms with E-state index in [1.807, 2.05) is 27.4 Å². The van der Waals surface area contributed by atoms with Crippen LogP contribution in [0.25, 0.3) is 0 Å². The van der Waals surface area contributed by atoms with E-state index in [0.29, 0.717) is 5.92 Å². The van der Waals surface area contributed by atoms with Gasteiger partial charge in [0, 0.05) is 5.92 Å². The molecule has 0 aromatic carbocycles. The Morgan fingerprint density at radius 1 is 1.25 bits per heavy atom. The summed E-state index contributed by atoms with van der Waals surface area (Å²) in [4.78, 5) is 9.50. The van der Waals surface area contributed by atoms with Gasteiger partial charge in [0.2, 0.25) is 0 Å². The summed E-state index contributed by atoms with van der Waals surface area (Å²) in [5.74, 6) is 0.866. The summed E-state index contributed by atoms with van der Waals surface area (Å²) in [6.07, 6.45) is 0.917. The van der Waals surface area contributed by atoms with Crippen LogP contribution in [0.4, 0.5) is 0 Å². The number of aldehydes is 1. The molecule has 0 radical (unpaired) electrons. The molecule has 3 heteroatoms. The van der Waals surface area contributed by atoms with Crippen molar-refractivity contribution in [3.8, 4) is 0 Å². The summed E-state index contributed by atoms with van der Waals surface area (Å²) in [5.41, 5.74) is 0. The summed E-state index contributed by atoms with van der Waals surface area (Å²) < 4.78 is 0. The summed E-state index contributed by atoms with van der Waals surface area (Å²) in [5, 5.41) is 2.94. The molecule has 0 rings (SSSR count). The molecule has 1 N–H and O–H groups in total. The monoisotopic (exact) mass is 243 g/mol. The van der Waals surface area contributed by atoms with Crippen molar-refractivity contribution in [3.63, 3.8) is 0 Å². The minimum Gasteiger partial charge on any atom is -0.472 e. The van der Waals surface area contributed by atoms with E-state index in [1.165, 1.54) is 0 Å². The first-order valence-electron chi connectivity index (χ1n) is 4.00. The first-order valence-corrected chi connectivity index (χ1v) is 4.00. The van der Waals surface area contributed by atoms with E-state index in [9.17, 15) is 4.79 Å². The van der Waals surface area contributed by atoms with Crippen LogP contribution in [0.2, 0.25) is 0 Å². The molecule has 0 bridgehead atoms. The average molecular weight is 244 g/mol. The first-order chi connectivity index (χ1) is 5.04. The smallest absolute Gasteiger partial charge is 0.472 e. The van der Waals surface area contributed by atoms with Crippen molar-refractivity contribution in [2.24, 2.45) is 11.8 Å². The second kappa shape index (κ2) is 14.9. The summed E-state index contributed by atoms with van der Waals surface area (Å²) in [6.45, 7) is 10.0. The van der Waals surface area contributed by atoms with E-state index in [1.54, 1.807) is 0 Å². The molecule has 0 unspecified atom stereocenters. The van der Waals surface area contributed by atoms with Gasteiger partial charge in [-0.3, -0.25) is 6.54 Å². The molecule has 0 atom stereocenters. The Morgan fingerprint density at radius 2 is 1.58 bits per heavy atom. The minimum absolute atomic E-state index is 0. The predicted octanol–water partition coefficient (Wildman–Crippen LogP) is -1.13. The van der Waals surface area contributed by atoms with Crippen LogP contribution in [0.1, 0.15) is 27.7 Å². The van der Waals surface area contributed by atoms with Crippen LogP contribution in [0.15, 0.2) is 0 Å². The molecule has 0 aromatic heterocycles. The molecule has 0 saturated heterocycles. The SMILES string of the molecule is CC(C)C=O.CN[CH-]C(C)C.[Rb+]. The summed E-state index contributed by atoms with van der Waals surface area (Å²) in [6, 6.07) is 0. The fourth-order valence-corrected chi connectivity index (χ4v) is 0.333. The molecular formula is C9H20NORb. The third kappa shape index (κ3) is 30.1. The van der Waals surface area contributed by atoms with E-state index in [4.69, 9.17) is 0 Å². The van der Waals surface area contributed by atoms with Crippen molar-refractivity contribution < 1.29 is 63.0 Å². The molecule has 0 heterocycles. The van der Waals surface area contributed by atoms with Crippen molar-refractivity contribution in [2.75, 3.05) is 7.05 Å². The van der Waals surface area contributed by atoms with Crippen LogP contribution < -0.4 is 63.5 Å². The fourth-order valence-electron chi connectivity index (χ4n) is 0.333. The third-order valence-corrected chi connectivity index (χ3v) is 0.772. The Kier molecular flexibility index (Phi) is 23.7. The quantitative estimate of drug-likeness (QED) is 0.502. The Morgan fingerprint density at radius 3 is 1.58 bits per heavy atom. The molecule has 0 fully saturated rings. The minimum atomic E-state index is 0. The van der Waals surface area contributed by atoms with Crippen LogP contribution in [-0.2, 0) is 4.79 Å². The van der Waals surface area contributed by atoms with Gasteiger partial charge < -0.3 is 10.1 Å². The van der Waals surface area contributed by atoms with Crippen molar-refractivity contribution >= 4 is 6.29 Å². The number of hydrogen-bond donors (Lipinski definition) is 1. The van der Waals surface area contributed by atoms with Gasteiger partial charge in [-0.1, -0.05) is 27.7 Å². The van der Waals surface area contributed by atoms with Gasteiger partial charge in [-0.2, -0.15) is 5.92 Å². The van der Waals surface area contributed by atoms with Crippen LogP contribution in [0, 0.1) is 18.4 Å². The van der Waals surface area contributed by atoms with Gasteiger partial charge in [0.1, 0.15) is 6.29 Å². The van der Waals surface area contributed by atoms with E-state index < -0.39 is 0 Å². The topological polar surface area (TPSA) is 29.1 Å². The van der Waals surface area contributed by atoms with Crippen LogP contribution in [0.3, 0.4) is 0 Å². The van der Waals surface area contributed by atoms with Crippen LogP contribution in [0.5, 0.6) is 0 Å². The fraction of sp³-hybridized carbons (Fsp3) is 0.778. The Balaban J connectivity index is -0.000000126. The first kappa shape index (κ1) is 19.1. The van der Waals surface area contributed by atoms with Gasteiger partial charge in [-0.15, -0.1) is 0 Å². The average Bonchev–Trinajstić information content (AvgIpc) is 1.89. The third-order valence-electron chi connectivity index (χ3n) is 0.772. The molecule has 0 aromatic rings. The zero-order valence-corrected chi connectivity index (χ0v) is 14.1. The number of carbonyl (C=O) groups is 1. The Labute approximate surface area is 126 Å². The molecule has 0 aliphatic carbocycles. The zero-order chi connectivity index (χ0) is 9.28. The van der Waals surface area contributed by atoms with Gasteiger partial charge >= 0.3 is 58.2 Å². The van der Waals surface area contributed by atoms with Crippen LogP contribution in [-0.4, -0.2) is 13.3 Å². The molecule has 0 aliphatic rings. The van der Waals surface area contributed by atoms with E-state index in [-0.39, 0.29) is 64.1 Å². The van der Waals surface area contributed by atoms with Gasteiger partial charge in [0.25, 0.3) is 0 Å².